The standard InChI is InChI=1S/C15H24N2O/c1-3-14(4-2)17-15(18)16-12-8-11-13-9-6-5-7-10-13/h5-7,9-10,14H,3-4,8,11-12H2,1-2H3,(H2,16,17,18). The van der Waals surface area contributed by atoms with Crippen molar-refractivity contribution >= 4 is 6.03 Å². The van der Waals surface area contributed by atoms with Gasteiger partial charge in [-0.25, -0.2) is 4.79 Å². The Bertz CT molecular complexity index is 334. The number of carbonyl (C=O) groups is 1. The second-order valence-electron chi connectivity index (χ2n) is 4.50. The van der Waals surface area contributed by atoms with Gasteiger partial charge in [-0.2, -0.15) is 0 Å². The molecule has 0 heterocycles. The van der Waals surface area contributed by atoms with E-state index in [4.69, 9.17) is 0 Å². The number of rotatable bonds is 7. The van der Waals surface area contributed by atoms with Gasteiger partial charge in [0, 0.05) is 12.6 Å². The molecule has 0 aliphatic heterocycles. The van der Waals surface area contributed by atoms with E-state index in [1.165, 1.54) is 5.56 Å². The number of carbonyl (C=O) groups excluding carboxylic acids is 1. The van der Waals surface area contributed by atoms with E-state index in [0.29, 0.717) is 6.04 Å². The average Bonchev–Trinajstić information content (AvgIpc) is 2.42. The van der Waals surface area contributed by atoms with E-state index < -0.39 is 0 Å². The fourth-order valence-electron chi connectivity index (χ4n) is 1.87. The highest BCUT2D eigenvalue weighted by Crippen LogP contribution is 2.01. The molecule has 18 heavy (non-hydrogen) atoms. The lowest BCUT2D eigenvalue weighted by molar-refractivity contribution is 0.236. The summed E-state index contributed by atoms with van der Waals surface area (Å²) in [5.41, 5.74) is 1.32. The summed E-state index contributed by atoms with van der Waals surface area (Å²) in [4.78, 5) is 11.6. The molecule has 2 amide bonds. The van der Waals surface area contributed by atoms with Crippen molar-refractivity contribution in [2.45, 2.75) is 45.6 Å². The van der Waals surface area contributed by atoms with E-state index in [1.54, 1.807) is 0 Å². The molecular formula is C15H24N2O. The molecule has 0 spiro atoms. The van der Waals surface area contributed by atoms with Gasteiger partial charge in [-0.1, -0.05) is 44.2 Å². The molecule has 1 rings (SSSR count). The summed E-state index contributed by atoms with van der Waals surface area (Å²) in [6.07, 6.45) is 3.94. The van der Waals surface area contributed by atoms with Crippen LogP contribution in [0.5, 0.6) is 0 Å². The Balaban J connectivity index is 2.12. The number of urea groups is 1. The van der Waals surface area contributed by atoms with Crippen LogP contribution < -0.4 is 10.6 Å². The summed E-state index contributed by atoms with van der Waals surface area (Å²) in [7, 11) is 0. The van der Waals surface area contributed by atoms with E-state index in [-0.39, 0.29) is 6.03 Å². The highest BCUT2D eigenvalue weighted by molar-refractivity contribution is 5.74. The first-order valence-corrected chi connectivity index (χ1v) is 6.84. The SMILES string of the molecule is CCC(CC)NC(=O)NCCCc1ccccc1. The van der Waals surface area contributed by atoms with Gasteiger partial charge in [0.2, 0.25) is 0 Å². The van der Waals surface area contributed by atoms with Crippen molar-refractivity contribution in [3.8, 4) is 0 Å². The minimum absolute atomic E-state index is 0.0447. The lowest BCUT2D eigenvalue weighted by Crippen LogP contribution is -2.41. The van der Waals surface area contributed by atoms with E-state index >= 15 is 0 Å². The van der Waals surface area contributed by atoms with Crippen LogP contribution in [0, 0.1) is 0 Å². The molecular weight excluding hydrogens is 224 g/mol. The highest BCUT2D eigenvalue weighted by Gasteiger charge is 2.06. The number of benzene rings is 1. The number of hydrogen-bond acceptors (Lipinski definition) is 1. The molecule has 3 heteroatoms. The zero-order chi connectivity index (χ0) is 13.2. The van der Waals surface area contributed by atoms with Crippen LogP contribution in [0.25, 0.3) is 0 Å². The second-order valence-corrected chi connectivity index (χ2v) is 4.50. The number of aryl methyl sites for hydroxylation is 1. The third-order valence-electron chi connectivity index (χ3n) is 3.09. The largest absolute Gasteiger partial charge is 0.338 e. The van der Waals surface area contributed by atoms with Crippen molar-refractivity contribution in [1.82, 2.24) is 10.6 Å². The number of hydrogen-bond donors (Lipinski definition) is 2. The van der Waals surface area contributed by atoms with Gasteiger partial charge in [0.05, 0.1) is 0 Å². The van der Waals surface area contributed by atoms with Gasteiger partial charge in [-0.15, -0.1) is 0 Å². The smallest absolute Gasteiger partial charge is 0.315 e. The maximum absolute atomic E-state index is 11.6. The first kappa shape index (κ1) is 14.6. The molecule has 0 bridgehead atoms. The van der Waals surface area contributed by atoms with Crippen molar-refractivity contribution in [3.63, 3.8) is 0 Å². The van der Waals surface area contributed by atoms with E-state index in [9.17, 15) is 4.79 Å². The Morgan fingerprint density at radius 3 is 2.44 bits per heavy atom. The van der Waals surface area contributed by atoms with E-state index in [0.717, 1.165) is 32.2 Å². The molecule has 1 aromatic carbocycles. The lowest BCUT2D eigenvalue weighted by Gasteiger charge is -2.15. The monoisotopic (exact) mass is 248 g/mol. The minimum atomic E-state index is -0.0447. The van der Waals surface area contributed by atoms with Gasteiger partial charge in [-0.3, -0.25) is 0 Å². The van der Waals surface area contributed by atoms with Crippen LogP contribution in [0.15, 0.2) is 30.3 Å². The Morgan fingerprint density at radius 1 is 1.17 bits per heavy atom. The van der Waals surface area contributed by atoms with Crippen molar-refractivity contribution < 1.29 is 4.79 Å². The van der Waals surface area contributed by atoms with Gasteiger partial charge in [-0.05, 0) is 31.2 Å². The third kappa shape index (κ3) is 5.71. The fourth-order valence-corrected chi connectivity index (χ4v) is 1.87. The molecule has 0 radical (unpaired) electrons. The molecule has 0 aliphatic rings. The van der Waals surface area contributed by atoms with Gasteiger partial charge >= 0.3 is 6.03 Å². The number of amides is 2. The van der Waals surface area contributed by atoms with Gasteiger partial charge in [0.25, 0.3) is 0 Å². The maximum atomic E-state index is 11.6. The summed E-state index contributed by atoms with van der Waals surface area (Å²) in [6, 6.07) is 10.6. The molecule has 0 saturated heterocycles. The van der Waals surface area contributed by atoms with Gasteiger partial charge in [0.1, 0.15) is 0 Å². The molecule has 0 unspecified atom stereocenters. The zero-order valence-electron chi connectivity index (χ0n) is 11.4. The molecule has 1 aromatic rings. The zero-order valence-corrected chi connectivity index (χ0v) is 11.4. The molecule has 0 aliphatic carbocycles. The van der Waals surface area contributed by atoms with Crippen LogP contribution in [0.3, 0.4) is 0 Å². The van der Waals surface area contributed by atoms with Crippen molar-refractivity contribution in [3.05, 3.63) is 35.9 Å². The van der Waals surface area contributed by atoms with Crippen LogP contribution in [0.1, 0.15) is 38.7 Å². The average molecular weight is 248 g/mol. The topological polar surface area (TPSA) is 41.1 Å². The molecule has 0 fully saturated rings. The predicted octanol–water partition coefficient (Wildman–Crippen LogP) is 3.11. The van der Waals surface area contributed by atoms with E-state index in [1.807, 2.05) is 18.2 Å². The first-order chi connectivity index (χ1) is 8.76. The Morgan fingerprint density at radius 2 is 1.83 bits per heavy atom. The molecule has 0 atom stereocenters. The van der Waals surface area contributed by atoms with E-state index in [2.05, 4.69) is 36.6 Å². The Labute approximate surface area is 110 Å². The Hall–Kier alpha value is -1.51. The van der Waals surface area contributed by atoms with Crippen molar-refractivity contribution in [2.24, 2.45) is 0 Å². The molecule has 3 nitrogen and oxygen atoms in total. The van der Waals surface area contributed by atoms with Crippen LogP contribution in [0.2, 0.25) is 0 Å². The molecule has 0 aromatic heterocycles. The van der Waals surface area contributed by atoms with Crippen LogP contribution in [-0.4, -0.2) is 18.6 Å². The minimum Gasteiger partial charge on any atom is -0.338 e. The van der Waals surface area contributed by atoms with Gasteiger partial charge < -0.3 is 10.6 Å². The summed E-state index contributed by atoms with van der Waals surface area (Å²) >= 11 is 0. The molecule has 2 N–H and O–H groups in total. The lowest BCUT2D eigenvalue weighted by atomic mass is 10.1. The normalized spacial score (nSPS) is 10.4. The first-order valence-electron chi connectivity index (χ1n) is 6.84. The van der Waals surface area contributed by atoms with Crippen molar-refractivity contribution in [2.75, 3.05) is 6.54 Å². The van der Waals surface area contributed by atoms with Crippen molar-refractivity contribution in [1.29, 1.82) is 0 Å². The summed E-state index contributed by atoms with van der Waals surface area (Å²) < 4.78 is 0. The van der Waals surface area contributed by atoms with Crippen LogP contribution >= 0.6 is 0 Å². The molecule has 0 saturated carbocycles. The van der Waals surface area contributed by atoms with Gasteiger partial charge in [0.15, 0.2) is 0 Å². The quantitative estimate of drug-likeness (QED) is 0.715. The summed E-state index contributed by atoms with van der Waals surface area (Å²) in [5, 5.41) is 5.87. The Kier molecular flexibility index (Phi) is 6.92. The fraction of sp³-hybridized carbons (Fsp3) is 0.533. The third-order valence-corrected chi connectivity index (χ3v) is 3.09. The summed E-state index contributed by atoms with van der Waals surface area (Å²) in [5.74, 6) is 0. The number of nitrogens with one attached hydrogen (secondary N) is 2. The molecule has 100 valence electrons. The van der Waals surface area contributed by atoms with Crippen LogP contribution in [-0.2, 0) is 6.42 Å². The second kappa shape index (κ2) is 8.56. The van der Waals surface area contributed by atoms with Crippen LogP contribution in [0.4, 0.5) is 4.79 Å². The highest BCUT2D eigenvalue weighted by atomic mass is 16.2. The predicted molar refractivity (Wildman–Crippen MR) is 75.7 cm³/mol. The maximum Gasteiger partial charge on any atom is 0.315 e. The summed E-state index contributed by atoms with van der Waals surface area (Å²) in [6.45, 7) is 4.90.